The predicted octanol–water partition coefficient (Wildman–Crippen LogP) is 3.24. The Balaban J connectivity index is 1.92. The van der Waals surface area contributed by atoms with Crippen molar-refractivity contribution in [1.29, 1.82) is 0 Å². The van der Waals surface area contributed by atoms with E-state index in [0.29, 0.717) is 11.8 Å². The zero-order chi connectivity index (χ0) is 12.1. The quantitative estimate of drug-likeness (QED) is 0.840. The molecule has 2 heteroatoms. The van der Waals surface area contributed by atoms with E-state index in [-0.39, 0.29) is 0 Å². The van der Waals surface area contributed by atoms with Crippen LogP contribution in [-0.2, 0) is 6.54 Å². The summed E-state index contributed by atoms with van der Waals surface area (Å²) in [7, 11) is 0. The average Bonchev–Trinajstić information content (AvgIpc) is 2.39. The first-order valence-corrected chi connectivity index (χ1v) is 5.82. The third kappa shape index (κ3) is 3.33. The van der Waals surface area contributed by atoms with Crippen LogP contribution in [0, 0.1) is 0 Å². The molecule has 2 nitrogen and oxygen atoms in total. The molecule has 0 aromatic heterocycles. The number of aromatic hydroxyl groups is 1. The first kappa shape index (κ1) is 11.7. The molecule has 0 heterocycles. The van der Waals surface area contributed by atoms with Gasteiger partial charge in [0.15, 0.2) is 0 Å². The molecule has 0 saturated carbocycles. The summed E-state index contributed by atoms with van der Waals surface area (Å²) < 4.78 is 0. The van der Waals surface area contributed by atoms with Crippen LogP contribution in [0.3, 0.4) is 0 Å². The molecule has 0 unspecified atom stereocenters. The summed E-state index contributed by atoms with van der Waals surface area (Å²) in [6.07, 6.45) is 0. The van der Waals surface area contributed by atoms with E-state index in [1.54, 1.807) is 12.1 Å². The van der Waals surface area contributed by atoms with Gasteiger partial charge in [-0.1, -0.05) is 42.5 Å². The summed E-state index contributed by atoms with van der Waals surface area (Å²) in [4.78, 5) is 0. The van der Waals surface area contributed by atoms with Crippen molar-refractivity contribution in [2.45, 2.75) is 19.5 Å². The maximum atomic E-state index is 9.19. The van der Waals surface area contributed by atoms with Crippen LogP contribution in [0.2, 0.25) is 0 Å². The van der Waals surface area contributed by atoms with Crippen LogP contribution < -0.4 is 5.32 Å². The lowest BCUT2D eigenvalue weighted by Crippen LogP contribution is -2.17. The Kier molecular flexibility index (Phi) is 3.78. The van der Waals surface area contributed by atoms with Gasteiger partial charge in [0.1, 0.15) is 5.75 Å². The molecule has 0 amide bonds. The van der Waals surface area contributed by atoms with Gasteiger partial charge >= 0.3 is 0 Å². The fourth-order valence-corrected chi connectivity index (χ4v) is 1.74. The highest BCUT2D eigenvalue weighted by atomic mass is 16.3. The molecule has 0 aliphatic heterocycles. The van der Waals surface area contributed by atoms with Crippen molar-refractivity contribution in [3.63, 3.8) is 0 Å². The second-order valence-electron chi connectivity index (χ2n) is 4.18. The van der Waals surface area contributed by atoms with Gasteiger partial charge in [-0.3, -0.25) is 0 Å². The zero-order valence-electron chi connectivity index (χ0n) is 9.93. The van der Waals surface area contributed by atoms with Crippen molar-refractivity contribution in [2.24, 2.45) is 0 Å². The monoisotopic (exact) mass is 227 g/mol. The Morgan fingerprint density at radius 2 is 1.65 bits per heavy atom. The number of nitrogens with one attached hydrogen (secondary N) is 1. The van der Waals surface area contributed by atoms with E-state index < -0.39 is 0 Å². The molecular weight excluding hydrogens is 210 g/mol. The van der Waals surface area contributed by atoms with Crippen LogP contribution in [0.5, 0.6) is 5.75 Å². The number of phenols is 1. The lowest BCUT2D eigenvalue weighted by Gasteiger charge is -2.14. The van der Waals surface area contributed by atoms with Crippen molar-refractivity contribution >= 4 is 0 Å². The Bertz CT molecular complexity index is 450. The normalized spacial score (nSPS) is 12.3. The molecule has 0 radical (unpaired) electrons. The summed E-state index contributed by atoms with van der Waals surface area (Å²) in [5, 5.41) is 12.6. The van der Waals surface area contributed by atoms with Crippen LogP contribution in [-0.4, -0.2) is 5.11 Å². The number of hydrogen-bond acceptors (Lipinski definition) is 2. The summed E-state index contributed by atoms with van der Waals surface area (Å²) in [5.41, 5.74) is 2.46. The zero-order valence-corrected chi connectivity index (χ0v) is 9.93. The van der Waals surface area contributed by atoms with Crippen molar-refractivity contribution < 1.29 is 5.11 Å². The minimum Gasteiger partial charge on any atom is -0.508 e. The van der Waals surface area contributed by atoms with E-state index in [1.807, 2.05) is 30.3 Å². The average molecular weight is 227 g/mol. The topological polar surface area (TPSA) is 32.3 Å². The highest BCUT2D eigenvalue weighted by Crippen LogP contribution is 2.13. The Hall–Kier alpha value is -1.80. The van der Waals surface area contributed by atoms with Gasteiger partial charge in [-0.2, -0.15) is 0 Å². The maximum absolute atomic E-state index is 9.19. The molecule has 0 aliphatic carbocycles. The molecule has 2 rings (SSSR count). The van der Waals surface area contributed by atoms with E-state index >= 15 is 0 Å². The predicted molar refractivity (Wildman–Crippen MR) is 69.8 cm³/mol. The standard InChI is InChI=1S/C15H17NO/c1-12(14-5-3-2-4-6-14)16-11-13-7-9-15(17)10-8-13/h2-10,12,16-17H,11H2,1H3/t12-/m1/s1. The molecule has 0 saturated heterocycles. The Morgan fingerprint density at radius 1 is 1.00 bits per heavy atom. The molecule has 88 valence electrons. The van der Waals surface area contributed by atoms with E-state index in [0.717, 1.165) is 6.54 Å². The number of phenolic OH excluding ortho intramolecular Hbond substituents is 1. The van der Waals surface area contributed by atoms with Gasteiger partial charge in [-0.15, -0.1) is 0 Å². The van der Waals surface area contributed by atoms with Gasteiger partial charge in [0, 0.05) is 12.6 Å². The first-order valence-electron chi connectivity index (χ1n) is 5.82. The van der Waals surface area contributed by atoms with Crippen molar-refractivity contribution in [2.75, 3.05) is 0 Å². The fourth-order valence-electron chi connectivity index (χ4n) is 1.74. The molecular formula is C15H17NO. The SMILES string of the molecule is C[C@@H](NCc1ccc(O)cc1)c1ccccc1. The minimum atomic E-state index is 0.310. The van der Waals surface area contributed by atoms with E-state index in [1.165, 1.54) is 11.1 Å². The van der Waals surface area contributed by atoms with Crippen LogP contribution in [0.15, 0.2) is 54.6 Å². The lowest BCUT2D eigenvalue weighted by atomic mass is 10.1. The van der Waals surface area contributed by atoms with Crippen LogP contribution in [0.25, 0.3) is 0 Å². The summed E-state index contributed by atoms with van der Waals surface area (Å²) >= 11 is 0. The van der Waals surface area contributed by atoms with Gasteiger partial charge in [0.05, 0.1) is 0 Å². The van der Waals surface area contributed by atoms with Gasteiger partial charge in [0.25, 0.3) is 0 Å². The Morgan fingerprint density at radius 3 is 2.29 bits per heavy atom. The molecule has 2 N–H and O–H groups in total. The van der Waals surface area contributed by atoms with Crippen LogP contribution >= 0.6 is 0 Å². The second kappa shape index (κ2) is 5.51. The Labute approximate surface area is 102 Å². The van der Waals surface area contributed by atoms with Crippen LogP contribution in [0.1, 0.15) is 24.1 Å². The number of rotatable bonds is 4. The molecule has 1 atom stereocenters. The third-order valence-electron chi connectivity index (χ3n) is 2.85. The number of benzene rings is 2. The molecule has 0 fully saturated rings. The lowest BCUT2D eigenvalue weighted by molar-refractivity contribution is 0.474. The maximum Gasteiger partial charge on any atom is 0.115 e. The van der Waals surface area contributed by atoms with Crippen molar-refractivity contribution in [3.05, 3.63) is 65.7 Å². The summed E-state index contributed by atoms with van der Waals surface area (Å²) in [6.45, 7) is 2.95. The van der Waals surface area contributed by atoms with Crippen molar-refractivity contribution in [1.82, 2.24) is 5.32 Å². The molecule has 0 bridgehead atoms. The molecule has 17 heavy (non-hydrogen) atoms. The largest absolute Gasteiger partial charge is 0.508 e. The minimum absolute atomic E-state index is 0.310. The first-order chi connectivity index (χ1) is 8.25. The van der Waals surface area contributed by atoms with E-state index in [4.69, 9.17) is 0 Å². The molecule has 0 spiro atoms. The highest BCUT2D eigenvalue weighted by molar-refractivity contribution is 5.26. The molecule has 0 aliphatic rings. The molecule has 2 aromatic rings. The van der Waals surface area contributed by atoms with Crippen molar-refractivity contribution in [3.8, 4) is 5.75 Å². The van der Waals surface area contributed by atoms with Gasteiger partial charge in [-0.05, 0) is 30.2 Å². The fraction of sp³-hybridized carbons (Fsp3) is 0.200. The van der Waals surface area contributed by atoms with Crippen LogP contribution in [0.4, 0.5) is 0 Å². The van der Waals surface area contributed by atoms with Gasteiger partial charge in [0.2, 0.25) is 0 Å². The summed E-state index contributed by atoms with van der Waals surface area (Å²) in [6, 6.07) is 18.0. The summed E-state index contributed by atoms with van der Waals surface area (Å²) in [5.74, 6) is 0.310. The van der Waals surface area contributed by atoms with E-state index in [2.05, 4.69) is 24.4 Å². The second-order valence-corrected chi connectivity index (χ2v) is 4.18. The number of hydrogen-bond donors (Lipinski definition) is 2. The van der Waals surface area contributed by atoms with E-state index in [9.17, 15) is 5.11 Å². The third-order valence-corrected chi connectivity index (χ3v) is 2.85. The van der Waals surface area contributed by atoms with Gasteiger partial charge in [-0.25, -0.2) is 0 Å². The molecule has 2 aromatic carbocycles. The smallest absolute Gasteiger partial charge is 0.115 e. The van der Waals surface area contributed by atoms with Gasteiger partial charge < -0.3 is 10.4 Å². The highest BCUT2D eigenvalue weighted by Gasteiger charge is 2.03.